The minimum Gasteiger partial charge on any atom is -0.395 e. The molecule has 0 saturated carbocycles. The van der Waals surface area contributed by atoms with E-state index in [1.54, 1.807) is 12.4 Å². The predicted molar refractivity (Wildman–Crippen MR) is 52.6 cm³/mol. The summed E-state index contributed by atoms with van der Waals surface area (Å²) in [5, 5.41) is 9.38. The molecule has 4 nitrogen and oxygen atoms in total. The lowest BCUT2D eigenvalue weighted by molar-refractivity contribution is 0.275. The van der Waals surface area contributed by atoms with Gasteiger partial charge < -0.3 is 10.8 Å². The summed E-state index contributed by atoms with van der Waals surface area (Å²) >= 11 is 1.45. The summed E-state index contributed by atoms with van der Waals surface area (Å²) in [5.41, 5.74) is 6.56. The van der Waals surface area contributed by atoms with E-state index in [0.717, 1.165) is 5.56 Å². The van der Waals surface area contributed by atoms with Crippen LogP contribution in [-0.4, -0.2) is 33.5 Å². The number of aliphatic hydroxyl groups is 1. The monoisotopic (exact) mass is 199 g/mol. The van der Waals surface area contributed by atoms with Crippen LogP contribution < -0.4 is 5.73 Å². The molecule has 0 fully saturated rings. The van der Waals surface area contributed by atoms with Crippen molar-refractivity contribution in [2.24, 2.45) is 5.73 Å². The smallest absolute Gasteiger partial charge is 0.187 e. The van der Waals surface area contributed by atoms with Crippen molar-refractivity contribution < 1.29 is 5.11 Å². The summed E-state index contributed by atoms with van der Waals surface area (Å²) in [5.74, 6) is 0.638. The molecule has 0 bridgehead atoms. The second-order valence-electron chi connectivity index (χ2n) is 2.80. The third-order valence-electron chi connectivity index (χ3n) is 1.42. The van der Waals surface area contributed by atoms with Crippen molar-refractivity contribution in [1.29, 1.82) is 0 Å². The highest BCUT2D eigenvalue weighted by molar-refractivity contribution is 7.99. The van der Waals surface area contributed by atoms with Gasteiger partial charge in [-0.05, 0) is 12.5 Å². The van der Waals surface area contributed by atoms with Crippen LogP contribution >= 0.6 is 11.8 Å². The van der Waals surface area contributed by atoms with Gasteiger partial charge in [0, 0.05) is 24.2 Å². The van der Waals surface area contributed by atoms with Crippen LogP contribution in [0.5, 0.6) is 0 Å². The highest BCUT2D eigenvalue weighted by Gasteiger charge is 2.02. The van der Waals surface area contributed by atoms with Gasteiger partial charge >= 0.3 is 0 Å². The lowest BCUT2D eigenvalue weighted by atomic mass is 10.4. The van der Waals surface area contributed by atoms with Crippen LogP contribution in [0.25, 0.3) is 0 Å². The number of hydrogen-bond acceptors (Lipinski definition) is 5. The van der Waals surface area contributed by atoms with E-state index in [4.69, 9.17) is 10.8 Å². The van der Waals surface area contributed by atoms with Crippen molar-refractivity contribution in [2.75, 3.05) is 12.4 Å². The molecule has 0 amide bonds. The molecule has 0 aliphatic heterocycles. The summed E-state index contributed by atoms with van der Waals surface area (Å²) in [6, 6.07) is -0.199. The quantitative estimate of drug-likeness (QED) is 0.535. The molecule has 72 valence electrons. The fraction of sp³-hybridized carbons (Fsp3) is 0.500. The maximum Gasteiger partial charge on any atom is 0.187 e. The summed E-state index contributed by atoms with van der Waals surface area (Å²) in [6.07, 6.45) is 3.53. The zero-order valence-electron chi connectivity index (χ0n) is 7.47. The first-order chi connectivity index (χ1) is 6.22. The molecule has 0 aliphatic carbocycles. The van der Waals surface area contributed by atoms with Gasteiger partial charge in [0.25, 0.3) is 0 Å². The molecule has 1 atom stereocenters. The molecular weight excluding hydrogens is 186 g/mol. The molecule has 0 spiro atoms. The molecule has 0 aliphatic rings. The Hall–Kier alpha value is -0.650. The van der Waals surface area contributed by atoms with Gasteiger partial charge in [-0.3, -0.25) is 0 Å². The number of hydrogen-bond donors (Lipinski definition) is 2. The first kappa shape index (κ1) is 10.4. The molecule has 0 saturated heterocycles. The third kappa shape index (κ3) is 3.71. The maximum absolute atomic E-state index is 8.68. The highest BCUT2D eigenvalue weighted by atomic mass is 32.2. The van der Waals surface area contributed by atoms with Crippen LogP contribution in [0.3, 0.4) is 0 Å². The van der Waals surface area contributed by atoms with Crippen molar-refractivity contribution in [1.82, 2.24) is 9.97 Å². The van der Waals surface area contributed by atoms with Crippen molar-refractivity contribution in [3.8, 4) is 0 Å². The molecule has 1 aromatic heterocycles. The van der Waals surface area contributed by atoms with E-state index in [1.165, 1.54) is 11.8 Å². The number of aryl methyl sites for hydroxylation is 1. The Morgan fingerprint density at radius 1 is 1.54 bits per heavy atom. The van der Waals surface area contributed by atoms with E-state index < -0.39 is 0 Å². The fourth-order valence-corrected chi connectivity index (χ4v) is 1.41. The van der Waals surface area contributed by atoms with Gasteiger partial charge in [-0.2, -0.15) is 0 Å². The normalized spacial score (nSPS) is 12.8. The molecule has 1 aromatic rings. The summed E-state index contributed by atoms with van der Waals surface area (Å²) in [7, 11) is 0. The molecule has 13 heavy (non-hydrogen) atoms. The van der Waals surface area contributed by atoms with Crippen LogP contribution in [0.15, 0.2) is 17.6 Å². The molecule has 1 rings (SSSR count). The Morgan fingerprint density at radius 3 is 2.69 bits per heavy atom. The average Bonchev–Trinajstić information content (AvgIpc) is 2.16. The van der Waals surface area contributed by atoms with E-state index in [-0.39, 0.29) is 12.6 Å². The minimum atomic E-state index is -0.199. The van der Waals surface area contributed by atoms with Gasteiger partial charge in [-0.1, -0.05) is 11.8 Å². The lowest BCUT2D eigenvalue weighted by Crippen LogP contribution is -2.26. The first-order valence-electron chi connectivity index (χ1n) is 4.00. The summed E-state index contributed by atoms with van der Waals surface area (Å²) < 4.78 is 0. The minimum absolute atomic E-state index is 0.00113. The third-order valence-corrected chi connectivity index (χ3v) is 2.48. The molecule has 3 N–H and O–H groups in total. The topological polar surface area (TPSA) is 72.0 Å². The Labute approximate surface area is 81.6 Å². The molecule has 5 heteroatoms. The maximum atomic E-state index is 8.68. The Balaban J connectivity index is 2.41. The predicted octanol–water partition coefficient (Wildman–Crippen LogP) is 0.197. The van der Waals surface area contributed by atoms with E-state index in [0.29, 0.717) is 10.9 Å². The van der Waals surface area contributed by atoms with Gasteiger partial charge in [0.15, 0.2) is 5.16 Å². The number of aromatic nitrogens is 2. The summed E-state index contributed by atoms with van der Waals surface area (Å²) in [4.78, 5) is 8.20. The van der Waals surface area contributed by atoms with Gasteiger partial charge in [0.2, 0.25) is 0 Å². The van der Waals surface area contributed by atoms with Gasteiger partial charge in [-0.25, -0.2) is 9.97 Å². The second-order valence-corrected chi connectivity index (χ2v) is 3.78. The number of nitrogens with two attached hydrogens (primary N) is 1. The zero-order valence-corrected chi connectivity index (χ0v) is 8.29. The Morgan fingerprint density at radius 2 is 2.15 bits per heavy atom. The van der Waals surface area contributed by atoms with E-state index in [9.17, 15) is 0 Å². The van der Waals surface area contributed by atoms with Crippen LogP contribution in [-0.2, 0) is 0 Å². The number of nitrogens with zero attached hydrogens (tertiary/aromatic N) is 2. The number of thioether (sulfide) groups is 1. The standard InChI is InChI=1S/C8H13N3OS/c1-6-2-10-8(11-3-6)13-5-7(9)4-12/h2-3,7,12H,4-5,9H2,1H3. The Bertz CT molecular complexity index is 252. The molecule has 1 heterocycles. The number of rotatable bonds is 4. The van der Waals surface area contributed by atoms with Crippen molar-refractivity contribution >= 4 is 11.8 Å². The number of aliphatic hydroxyl groups excluding tert-OH is 1. The highest BCUT2D eigenvalue weighted by Crippen LogP contribution is 2.12. The lowest BCUT2D eigenvalue weighted by Gasteiger charge is -2.05. The van der Waals surface area contributed by atoms with Crippen molar-refractivity contribution in [2.45, 2.75) is 18.1 Å². The molecule has 1 unspecified atom stereocenters. The second kappa shape index (κ2) is 5.16. The van der Waals surface area contributed by atoms with Crippen LogP contribution in [0.1, 0.15) is 5.56 Å². The van der Waals surface area contributed by atoms with Crippen LogP contribution in [0.2, 0.25) is 0 Å². The van der Waals surface area contributed by atoms with Crippen LogP contribution in [0, 0.1) is 6.92 Å². The fourth-order valence-electron chi connectivity index (χ4n) is 0.690. The largest absolute Gasteiger partial charge is 0.395 e. The molecule has 0 aromatic carbocycles. The van der Waals surface area contributed by atoms with Gasteiger partial charge in [-0.15, -0.1) is 0 Å². The molecule has 0 radical (unpaired) electrons. The van der Waals surface area contributed by atoms with Gasteiger partial charge in [0.1, 0.15) is 0 Å². The van der Waals surface area contributed by atoms with E-state index in [1.807, 2.05) is 6.92 Å². The van der Waals surface area contributed by atoms with Crippen molar-refractivity contribution in [3.05, 3.63) is 18.0 Å². The van der Waals surface area contributed by atoms with E-state index >= 15 is 0 Å². The zero-order chi connectivity index (χ0) is 9.68. The van der Waals surface area contributed by atoms with Crippen LogP contribution in [0.4, 0.5) is 0 Å². The SMILES string of the molecule is Cc1cnc(SCC(N)CO)nc1. The van der Waals surface area contributed by atoms with E-state index in [2.05, 4.69) is 9.97 Å². The average molecular weight is 199 g/mol. The first-order valence-corrected chi connectivity index (χ1v) is 4.99. The Kier molecular flexibility index (Phi) is 4.14. The van der Waals surface area contributed by atoms with Gasteiger partial charge in [0.05, 0.1) is 6.61 Å². The molecular formula is C8H13N3OS. The summed E-state index contributed by atoms with van der Waals surface area (Å²) in [6.45, 7) is 1.94. The van der Waals surface area contributed by atoms with Crippen molar-refractivity contribution in [3.63, 3.8) is 0 Å².